The topological polar surface area (TPSA) is 58.4 Å². The van der Waals surface area contributed by atoms with Gasteiger partial charge in [0.15, 0.2) is 0 Å². The molecule has 1 fully saturated rings. The molecule has 0 radical (unpaired) electrons. The lowest BCUT2D eigenvalue weighted by molar-refractivity contribution is -0.115. The fraction of sp³-hybridized carbons (Fsp3) is 0.350. The highest BCUT2D eigenvalue weighted by molar-refractivity contribution is 7.99. The van der Waals surface area contributed by atoms with Crippen molar-refractivity contribution < 1.29 is 4.79 Å². The summed E-state index contributed by atoms with van der Waals surface area (Å²) in [6.45, 7) is 5.25. The molecule has 4 nitrogen and oxygen atoms in total. The lowest BCUT2D eigenvalue weighted by Crippen LogP contribution is -2.32. The monoisotopic (exact) mass is 427 g/mol. The second-order valence-electron chi connectivity index (χ2n) is 6.50. The fourth-order valence-corrected chi connectivity index (χ4v) is 3.91. The van der Waals surface area contributed by atoms with E-state index in [4.69, 9.17) is 5.73 Å². The van der Waals surface area contributed by atoms with Gasteiger partial charge in [-0.2, -0.15) is 11.8 Å². The summed E-state index contributed by atoms with van der Waals surface area (Å²) in [7, 11) is 0. The zero-order valence-electron chi connectivity index (χ0n) is 15.4. The number of hydrogen-bond acceptors (Lipinski definition) is 4. The molecule has 27 heavy (non-hydrogen) atoms. The third-order valence-corrected chi connectivity index (χ3v) is 5.37. The van der Waals surface area contributed by atoms with Crippen LogP contribution < -0.4 is 11.1 Å². The molecular formula is C20H27Cl2N3OS. The van der Waals surface area contributed by atoms with E-state index in [1.807, 2.05) is 43.0 Å². The van der Waals surface area contributed by atoms with Crippen LogP contribution in [0, 0.1) is 6.92 Å². The average Bonchev–Trinajstić information content (AvgIpc) is 2.61. The van der Waals surface area contributed by atoms with Crippen LogP contribution in [0.4, 0.5) is 11.4 Å². The molecule has 2 aromatic carbocycles. The van der Waals surface area contributed by atoms with Crippen LogP contribution >= 0.6 is 36.6 Å². The van der Waals surface area contributed by atoms with Gasteiger partial charge in [0, 0.05) is 42.5 Å². The van der Waals surface area contributed by atoms with Crippen LogP contribution in [0.2, 0.25) is 0 Å². The Balaban J connectivity index is 0.00000182. The molecule has 7 heteroatoms. The van der Waals surface area contributed by atoms with E-state index in [0.717, 1.165) is 36.4 Å². The van der Waals surface area contributed by atoms with E-state index in [1.165, 1.54) is 17.1 Å². The molecule has 1 aliphatic heterocycles. The lowest BCUT2D eigenvalue weighted by atomic mass is 10.1. The number of aryl methyl sites for hydroxylation is 1. The second-order valence-corrected chi connectivity index (χ2v) is 7.73. The Kier molecular flexibility index (Phi) is 10.0. The first-order valence-corrected chi connectivity index (χ1v) is 9.79. The molecule has 0 atom stereocenters. The molecule has 3 rings (SSSR count). The van der Waals surface area contributed by atoms with Crippen molar-refractivity contribution in [1.29, 1.82) is 0 Å². The first-order valence-electron chi connectivity index (χ1n) is 8.64. The van der Waals surface area contributed by atoms with Crippen molar-refractivity contribution in [2.75, 3.05) is 35.6 Å². The molecule has 1 saturated heterocycles. The SMILES string of the molecule is Cc1ccc(CN2CCSCC2)cc1NC(=O)Cc1ccc(N)cc1.Cl.Cl. The molecule has 0 unspecified atom stereocenters. The fourth-order valence-electron chi connectivity index (χ4n) is 2.93. The minimum atomic E-state index is -0.000561. The van der Waals surface area contributed by atoms with Crippen molar-refractivity contribution in [3.8, 4) is 0 Å². The van der Waals surface area contributed by atoms with Gasteiger partial charge in [0.1, 0.15) is 0 Å². The summed E-state index contributed by atoms with van der Waals surface area (Å²) < 4.78 is 0. The van der Waals surface area contributed by atoms with Gasteiger partial charge in [-0.15, -0.1) is 24.8 Å². The van der Waals surface area contributed by atoms with E-state index in [1.54, 1.807) is 0 Å². The minimum absolute atomic E-state index is 0. The molecule has 0 saturated carbocycles. The summed E-state index contributed by atoms with van der Waals surface area (Å²) in [5, 5.41) is 3.06. The van der Waals surface area contributed by atoms with Gasteiger partial charge >= 0.3 is 0 Å². The Morgan fingerprint density at radius 1 is 1.07 bits per heavy atom. The summed E-state index contributed by atoms with van der Waals surface area (Å²) in [4.78, 5) is 14.8. The summed E-state index contributed by atoms with van der Waals surface area (Å²) in [5.74, 6) is 2.41. The maximum Gasteiger partial charge on any atom is 0.228 e. The van der Waals surface area contributed by atoms with Crippen molar-refractivity contribution in [2.24, 2.45) is 0 Å². The summed E-state index contributed by atoms with van der Waals surface area (Å²) in [6, 6.07) is 13.8. The number of nitrogens with one attached hydrogen (secondary N) is 1. The van der Waals surface area contributed by atoms with Gasteiger partial charge in [-0.05, 0) is 41.8 Å². The number of thioether (sulfide) groups is 1. The van der Waals surface area contributed by atoms with E-state index in [2.05, 4.69) is 28.4 Å². The van der Waals surface area contributed by atoms with Crippen LogP contribution in [0.1, 0.15) is 16.7 Å². The summed E-state index contributed by atoms with van der Waals surface area (Å²) in [5.41, 5.74) is 10.6. The number of anilines is 2. The van der Waals surface area contributed by atoms with Crippen LogP contribution in [0.25, 0.3) is 0 Å². The van der Waals surface area contributed by atoms with E-state index < -0.39 is 0 Å². The predicted octanol–water partition coefficient (Wildman–Crippen LogP) is 4.15. The number of benzene rings is 2. The van der Waals surface area contributed by atoms with Crippen molar-refractivity contribution in [1.82, 2.24) is 4.90 Å². The smallest absolute Gasteiger partial charge is 0.228 e. The van der Waals surface area contributed by atoms with Crippen LogP contribution in [0.3, 0.4) is 0 Å². The predicted molar refractivity (Wildman–Crippen MR) is 121 cm³/mol. The van der Waals surface area contributed by atoms with E-state index in [9.17, 15) is 4.79 Å². The molecule has 0 spiro atoms. The number of nitrogens with two attached hydrogens (primary N) is 1. The molecule has 0 aromatic heterocycles. The van der Waals surface area contributed by atoms with Gasteiger partial charge in [-0.3, -0.25) is 9.69 Å². The Labute approximate surface area is 178 Å². The Morgan fingerprint density at radius 2 is 1.70 bits per heavy atom. The third kappa shape index (κ3) is 7.26. The number of carbonyl (C=O) groups is 1. The van der Waals surface area contributed by atoms with Gasteiger partial charge in [0.2, 0.25) is 5.91 Å². The van der Waals surface area contributed by atoms with Crippen LogP contribution in [0.5, 0.6) is 0 Å². The standard InChI is InChI=1S/C20H25N3OS.2ClH/c1-15-2-3-17(14-23-8-10-25-11-9-23)12-19(15)22-20(24)13-16-4-6-18(21)7-5-16;;/h2-7,12H,8-11,13-14,21H2,1H3,(H,22,24);2*1H. The number of rotatable bonds is 5. The number of halogens is 2. The minimum Gasteiger partial charge on any atom is -0.399 e. The molecule has 0 bridgehead atoms. The largest absolute Gasteiger partial charge is 0.399 e. The number of nitrogens with zero attached hydrogens (tertiary/aromatic N) is 1. The number of amides is 1. The van der Waals surface area contributed by atoms with Gasteiger partial charge in [0.05, 0.1) is 6.42 Å². The van der Waals surface area contributed by atoms with Crippen molar-refractivity contribution in [3.63, 3.8) is 0 Å². The Bertz CT molecular complexity index is 735. The zero-order chi connectivity index (χ0) is 17.6. The second kappa shape index (κ2) is 11.4. The maximum atomic E-state index is 12.4. The Morgan fingerprint density at radius 3 is 2.37 bits per heavy atom. The molecule has 148 valence electrons. The van der Waals surface area contributed by atoms with Crippen molar-refractivity contribution >= 4 is 53.9 Å². The van der Waals surface area contributed by atoms with Crippen LogP contribution in [-0.4, -0.2) is 35.4 Å². The zero-order valence-corrected chi connectivity index (χ0v) is 17.9. The number of carbonyl (C=O) groups excluding carboxylic acids is 1. The number of nitrogen functional groups attached to an aromatic ring is 1. The first kappa shape index (κ1) is 23.6. The highest BCUT2D eigenvalue weighted by Gasteiger charge is 2.12. The summed E-state index contributed by atoms with van der Waals surface area (Å²) in [6.07, 6.45) is 0.354. The summed E-state index contributed by atoms with van der Waals surface area (Å²) >= 11 is 2.02. The molecular weight excluding hydrogens is 401 g/mol. The third-order valence-electron chi connectivity index (χ3n) is 4.43. The van der Waals surface area contributed by atoms with Gasteiger partial charge in [0.25, 0.3) is 0 Å². The molecule has 0 aliphatic carbocycles. The normalized spacial score (nSPS) is 14.0. The molecule has 2 aromatic rings. The lowest BCUT2D eigenvalue weighted by Gasteiger charge is -2.26. The van der Waals surface area contributed by atoms with E-state index in [-0.39, 0.29) is 30.7 Å². The molecule has 1 aliphatic rings. The van der Waals surface area contributed by atoms with Crippen LogP contribution in [0.15, 0.2) is 42.5 Å². The van der Waals surface area contributed by atoms with Crippen molar-refractivity contribution in [2.45, 2.75) is 19.9 Å². The van der Waals surface area contributed by atoms with Gasteiger partial charge in [-0.1, -0.05) is 24.3 Å². The highest BCUT2D eigenvalue weighted by Crippen LogP contribution is 2.20. The van der Waals surface area contributed by atoms with Gasteiger partial charge in [-0.25, -0.2) is 0 Å². The van der Waals surface area contributed by atoms with Crippen molar-refractivity contribution in [3.05, 3.63) is 59.2 Å². The Hall–Kier alpha value is -1.40. The number of hydrogen-bond donors (Lipinski definition) is 2. The van der Waals surface area contributed by atoms with Gasteiger partial charge < -0.3 is 11.1 Å². The highest BCUT2D eigenvalue weighted by atomic mass is 35.5. The maximum absolute atomic E-state index is 12.4. The molecule has 1 heterocycles. The van der Waals surface area contributed by atoms with E-state index >= 15 is 0 Å². The molecule has 1 amide bonds. The molecule has 3 N–H and O–H groups in total. The average molecular weight is 428 g/mol. The van der Waals surface area contributed by atoms with E-state index in [0.29, 0.717) is 12.1 Å². The quantitative estimate of drug-likeness (QED) is 0.703. The first-order chi connectivity index (χ1) is 12.1. The van der Waals surface area contributed by atoms with Crippen LogP contribution in [-0.2, 0) is 17.8 Å².